The number of carboxylic acids is 7. The second kappa shape index (κ2) is 40.1. The van der Waals surface area contributed by atoms with E-state index in [4.69, 9.17) is 35.7 Å². The molecule has 23 nitrogen and oxygen atoms in total. The van der Waals surface area contributed by atoms with Crippen molar-refractivity contribution in [1.29, 1.82) is 0 Å². The highest BCUT2D eigenvalue weighted by Gasteiger charge is 2.12. The second-order valence-corrected chi connectivity index (χ2v) is 9.70. The van der Waals surface area contributed by atoms with Crippen LogP contribution in [0, 0.1) is 0 Å². The summed E-state index contributed by atoms with van der Waals surface area (Å²) in [6, 6.07) is 0. The third kappa shape index (κ3) is 77.9. The Morgan fingerprint density at radius 1 is 0.327 bits per heavy atom. The minimum atomic E-state index is -1.58. The van der Waals surface area contributed by atoms with Crippen LogP contribution in [0.5, 0.6) is 0 Å². The van der Waals surface area contributed by atoms with E-state index in [1.54, 1.807) is 13.8 Å². The molecular weight excluding hydrogens is 752 g/mol. The SMILES string of the molecule is CC(=O)C(=O)O.CC(=O)C(C)=O.CC(=O)CC(=O)O.CC(=O)CCC(=O)O.CCC(=O)C(=O)CC.O=C(O)CC(=O)CC(=O)O.O=C(O)CCC(=O)C(=O)O. The number of hydrogen-bond acceptors (Lipinski definition) is 16. The molecule has 0 saturated heterocycles. The fourth-order valence-electron chi connectivity index (χ4n) is 1.62. The van der Waals surface area contributed by atoms with Crippen LogP contribution in [-0.2, 0) is 76.7 Å². The van der Waals surface area contributed by atoms with Crippen LogP contribution in [0.25, 0.3) is 0 Å². The maximum atomic E-state index is 10.4. The zero-order chi connectivity index (χ0) is 45.6. The van der Waals surface area contributed by atoms with Gasteiger partial charge in [0.15, 0.2) is 28.9 Å². The van der Waals surface area contributed by atoms with Crippen molar-refractivity contribution in [3.8, 4) is 0 Å². The first-order valence-corrected chi connectivity index (χ1v) is 15.0. The Morgan fingerprint density at radius 3 is 0.745 bits per heavy atom. The zero-order valence-corrected chi connectivity index (χ0v) is 31.0. The van der Waals surface area contributed by atoms with Crippen molar-refractivity contribution in [2.24, 2.45) is 0 Å². The molecule has 0 heterocycles. The van der Waals surface area contributed by atoms with Crippen molar-refractivity contribution in [2.45, 2.75) is 106 Å². The van der Waals surface area contributed by atoms with Crippen molar-refractivity contribution in [2.75, 3.05) is 0 Å². The van der Waals surface area contributed by atoms with E-state index in [9.17, 15) is 76.7 Å². The summed E-state index contributed by atoms with van der Waals surface area (Å²) in [5.74, 6) is -13.1. The molecule has 0 bridgehead atoms. The number of rotatable bonds is 18. The van der Waals surface area contributed by atoms with Gasteiger partial charge in [0.1, 0.15) is 30.8 Å². The van der Waals surface area contributed by atoms with Crippen molar-refractivity contribution in [1.82, 2.24) is 0 Å². The standard InChI is InChI=1S/C6H10O2.2C5H6O5.C5H8O3.C4H6O3.C4H6O2.C3H4O3/c1-3-5(7)6(8)4-2;6-3(1-4(7)8)2-5(9)10;6-3(5(9)10)1-2-4(7)8;1-4(6)2-3-5(7)8;1-3(5)2-4(6)7;1-3(5)4(2)6;1-2(4)3(5)6/h3-4H2,1-2H3;2*1-2H2,(H,7,8)(H,9,10);2-3H2,1H3,(H,7,8);2H2,1H3,(H,6,7);1-2H3;1H3,(H,5,6). The van der Waals surface area contributed by atoms with E-state index >= 15 is 0 Å². The van der Waals surface area contributed by atoms with E-state index in [-0.39, 0.29) is 54.0 Å². The molecular formula is C32H46O23. The Balaban J connectivity index is -0.0000000986. The number of aliphatic carboxylic acids is 7. The Morgan fingerprint density at radius 2 is 0.618 bits per heavy atom. The number of hydrogen-bond donors (Lipinski definition) is 7. The quantitative estimate of drug-likeness (QED) is 0.0722. The van der Waals surface area contributed by atoms with Crippen molar-refractivity contribution >= 4 is 93.8 Å². The van der Waals surface area contributed by atoms with Gasteiger partial charge in [0.05, 0.1) is 12.8 Å². The van der Waals surface area contributed by atoms with Crippen LogP contribution in [0.3, 0.4) is 0 Å². The molecule has 0 unspecified atom stereocenters. The number of carbonyl (C=O) groups is 16. The summed E-state index contributed by atoms with van der Waals surface area (Å²) in [5, 5.41) is 55.4. The third-order valence-electron chi connectivity index (χ3n) is 4.34. The smallest absolute Gasteiger partial charge is 0.372 e. The topological polar surface area (TPSA) is 415 Å². The van der Waals surface area contributed by atoms with Gasteiger partial charge in [0.25, 0.3) is 0 Å². The fraction of sp³-hybridized carbons (Fsp3) is 0.500. The van der Waals surface area contributed by atoms with Gasteiger partial charge in [-0.25, -0.2) is 9.59 Å². The number of Topliss-reactive ketones (excluding diaryl/α,β-unsaturated/α-hetero) is 9. The predicted molar refractivity (Wildman–Crippen MR) is 180 cm³/mol. The highest BCUT2D eigenvalue weighted by Crippen LogP contribution is 1.91. The first-order chi connectivity index (χ1) is 24.8. The van der Waals surface area contributed by atoms with Gasteiger partial charge in [0, 0.05) is 46.5 Å². The largest absolute Gasteiger partial charge is 0.481 e. The fourth-order valence-corrected chi connectivity index (χ4v) is 1.62. The van der Waals surface area contributed by atoms with Gasteiger partial charge in [-0.3, -0.25) is 62.3 Å². The van der Waals surface area contributed by atoms with Gasteiger partial charge >= 0.3 is 41.8 Å². The summed E-state index contributed by atoms with van der Waals surface area (Å²) >= 11 is 0. The maximum absolute atomic E-state index is 10.4. The first kappa shape index (κ1) is 63.4. The lowest BCUT2D eigenvalue weighted by Crippen LogP contribution is -2.13. The average Bonchev–Trinajstić information content (AvgIpc) is 3.02. The Kier molecular flexibility index (Phi) is 46.2. The van der Waals surface area contributed by atoms with Gasteiger partial charge < -0.3 is 40.5 Å². The number of ketones is 9. The van der Waals surface area contributed by atoms with Crippen LogP contribution in [-0.4, -0.2) is 130 Å². The van der Waals surface area contributed by atoms with Crippen molar-refractivity contribution in [3.63, 3.8) is 0 Å². The van der Waals surface area contributed by atoms with E-state index in [0.29, 0.717) is 12.8 Å². The zero-order valence-electron chi connectivity index (χ0n) is 31.0. The van der Waals surface area contributed by atoms with Gasteiger partial charge in [-0.05, 0) is 13.8 Å². The molecule has 312 valence electrons. The van der Waals surface area contributed by atoms with E-state index < -0.39 is 84.8 Å². The predicted octanol–water partition coefficient (Wildman–Crippen LogP) is 0.269. The van der Waals surface area contributed by atoms with Crippen molar-refractivity contribution < 1.29 is 112 Å². The Hall–Kier alpha value is -6.68. The van der Waals surface area contributed by atoms with Crippen LogP contribution < -0.4 is 0 Å². The second-order valence-electron chi connectivity index (χ2n) is 9.70. The molecule has 0 aliphatic rings. The van der Waals surface area contributed by atoms with Crippen LogP contribution in [0.1, 0.15) is 106 Å². The average molecular weight is 799 g/mol. The van der Waals surface area contributed by atoms with Crippen LogP contribution in [0.4, 0.5) is 0 Å². The summed E-state index contributed by atoms with van der Waals surface area (Å²) in [6.07, 6.45) is -1.88. The van der Waals surface area contributed by atoms with E-state index in [1.165, 1.54) is 27.7 Å². The molecule has 0 saturated carbocycles. The Bertz CT molecular complexity index is 1290. The molecule has 23 heteroatoms. The third-order valence-corrected chi connectivity index (χ3v) is 4.34. The van der Waals surface area contributed by atoms with Crippen molar-refractivity contribution in [3.05, 3.63) is 0 Å². The number of carboxylic acid groups (broad SMARTS) is 7. The molecule has 0 aromatic carbocycles. The highest BCUT2D eigenvalue weighted by molar-refractivity contribution is 6.37. The monoisotopic (exact) mass is 798 g/mol. The molecule has 0 aromatic rings. The maximum Gasteiger partial charge on any atom is 0.372 e. The molecule has 55 heavy (non-hydrogen) atoms. The molecule has 0 radical (unpaired) electrons. The lowest BCUT2D eigenvalue weighted by Gasteiger charge is -1.89. The molecule has 7 N–H and O–H groups in total. The lowest BCUT2D eigenvalue weighted by molar-refractivity contribution is -0.150. The summed E-state index contributed by atoms with van der Waals surface area (Å²) in [4.78, 5) is 158. The first-order valence-electron chi connectivity index (χ1n) is 15.0. The van der Waals surface area contributed by atoms with Gasteiger partial charge in [-0.15, -0.1) is 0 Å². The molecule has 0 spiro atoms. The highest BCUT2D eigenvalue weighted by atomic mass is 16.4. The van der Waals surface area contributed by atoms with Gasteiger partial charge in [-0.1, -0.05) is 13.8 Å². The molecule has 0 rings (SSSR count). The van der Waals surface area contributed by atoms with Crippen LogP contribution in [0.2, 0.25) is 0 Å². The van der Waals surface area contributed by atoms with Gasteiger partial charge in [-0.2, -0.15) is 0 Å². The van der Waals surface area contributed by atoms with Crippen LogP contribution in [0.15, 0.2) is 0 Å². The molecule has 0 fully saturated rings. The molecule has 0 aromatic heterocycles. The minimum Gasteiger partial charge on any atom is -0.481 e. The summed E-state index contributed by atoms with van der Waals surface area (Å²) in [5.41, 5.74) is 0. The van der Waals surface area contributed by atoms with Gasteiger partial charge in [0.2, 0.25) is 11.6 Å². The number of carbonyl (C=O) groups excluding carboxylic acids is 9. The van der Waals surface area contributed by atoms with E-state index in [2.05, 4.69) is 0 Å². The summed E-state index contributed by atoms with van der Waals surface area (Å²) < 4.78 is 0. The molecule has 0 aliphatic heterocycles. The normalized spacial score (nSPS) is 8.42. The van der Waals surface area contributed by atoms with E-state index in [1.807, 2.05) is 0 Å². The van der Waals surface area contributed by atoms with E-state index in [0.717, 1.165) is 6.92 Å². The lowest BCUT2D eigenvalue weighted by atomic mass is 10.2. The Labute approximate surface area is 312 Å². The molecule has 0 atom stereocenters. The summed E-state index contributed by atoms with van der Waals surface area (Å²) in [7, 11) is 0. The minimum absolute atomic E-state index is 0.0463. The molecule has 0 amide bonds. The summed E-state index contributed by atoms with van der Waals surface area (Å²) in [6.45, 7) is 9.51. The van der Waals surface area contributed by atoms with Crippen LogP contribution >= 0.6 is 0 Å². The molecule has 0 aliphatic carbocycles.